The SMILES string of the molecule is Cc1cc(CNc2cc(Cl)nc(C3CC3)n2)ccc1S(C)(=O)=O. The number of sulfone groups is 1. The van der Waals surface area contributed by atoms with Crippen molar-refractivity contribution in [1.29, 1.82) is 0 Å². The highest BCUT2D eigenvalue weighted by molar-refractivity contribution is 7.90. The van der Waals surface area contributed by atoms with Crippen LogP contribution in [0.1, 0.15) is 35.7 Å². The van der Waals surface area contributed by atoms with Gasteiger partial charge in [0.2, 0.25) is 0 Å². The Hall–Kier alpha value is -1.66. The summed E-state index contributed by atoms with van der Waals surface area (Å²) in [5.74, 6) is 1.92. The third kappa shape index (κ3) is 4.00. The molecular weight excluding hydrogens is 334 g/mol. The van der Waals surface area contributed by atoms with Gasteiger partial charge in [0.15, 0.2) is 9.84 Å². The van der Waals surface area contributed by atoms with Crippen LogP contribution in [0.5, 0.6) is 0 Å². The zero-order valence-corrected chi connectivity index (χ0v) is 14.6. The summed E-state index contributed by atoms with van der Waals surface area (Å²) < 4.78 is 23.3. The third-order valence-electron chi connectivity index (χ3n) is 3.77. The lowest BCUT2D eigenvalue weighted by atomic mass is 10.1. The highest BCUT2D eigenvalue weighted by atomic mass is 35.5. The van der Waals surface area contributed by atoms with Crippen LogP contribution in [0, 0.1) is 6.92 Å². The molecule has 1 fully saturated rings. The molecule has 1 aliphatic carbocycles. The van der Waals surface area contributed by atoms with Gasteiger partial charge in [-0.05, 0) is 37.0 Å². The topological polar surface area (TPSA) is 72.0 Å². The summed E-state index contributed by atoms with van der Waals surface area (Å²) in [5.41, 5.74) is 1.73. The molecule has 0 spiro atoms. The smallest absolute Gasteiger partial charge is 0.175 e. The summed E-state index contributed by atoms with van der Waals surface area (Å²) in [6.07, 6.45) is 3.45. The van der Waals surface area contributed by atoms with Gasteiger partial charge >= 0.3 is 0 Å². The van der Waals surface area contributed by atoms with Crippen LogP contribution in [0.25, 0.3) is 0 Å². The lowest BCUT2D eigenvalue weighted by molar-refractivity contribution is 0.601. The van der Waals surface area contributed by atoms with Crippen LogP contribution < -0.4 is 5.32 Å². The molecule has 1 aromatic carbocycles. The summed E-state index contributed by atoms with van der Waals surface area (Å²) in [6, 6.07) is 7.02. The Morgan fingerprint density at radius 1 is 1.26 bits per heavy atom. The fraction of sp³-hybridized carbons (Fsp3) is 0.375. The van der Waals surface area contributed by atoms with Gasteiger partial charge in [-0.2, -0.15) is 0 Å². The fourth-order valence-corrected chi connectivity index (χ4v) is 3.63. The average Bonchev–Trinajstić information content (AvgIpc) is 3.28. The highest BCUT2D eigenvalue weighted by Crippen LogP contribution is 2.38. The predicted molar refractivity (Wildman–Crippen MR) is 90.6 cm³/mol. The van der Waals surface area contributed by atoms with Crippen LogP contribution in [0.15, 0.2) is 29.2 Å². The number of hydrogen-bond acceptors (Lipinski definition) is 5. The molecule has 7 heteroatoms. The first-order valence-corrected chi connectivity index (χ1v) is 9.68. The average molecular weight is 352 g/mol. The number of hydrogen-bond donors (Lipinski definition) is 1. The number of rotatable bonds is 5. The van der Waals surface area contributed by atoms with Gasteiger partial charge in [-0.15, -0.1) is 0 Å². The molecule has 3 rings (SSSR count). The summed E-state index contributed by atoms with van der Waals surface area (Å²) >= 11 is 6.04. The van der Waals surface area contributed by atoms with Crippen molar-refractivity contribution < 1.29 is 8.42 Å². The molecule has 2 aromatic rings. The maximum atomic E-state index is 11.6. The molecule has 0 unspecified atom stereocenters. The fourth-order valence-electron chi connectivity index (χ4n) is 2.48. The quantitative estimate of drug-likeness (QED) is 0.836. The molecule has 0 radical (unpaired) electrons. The lowest BCUT2D eigenvalue weighted by Crippen LogP contribution is -2.06. The Morgan fingerprint density at radius 2 is 2.00 bits per heavy atom. The van der Waals surface area contributed by atoms with E-state index >= 15 is 0 Å². The van der Waals surface area contributed by atoms with Crippen molar-refractivity contribution in [3.8, 4) is 0 Å². The van der Waals surface area contributed by atoms with Gasteiger partial charge in [0, 0.05) is 24.8 Å². The second-order valence-corrected chi connectivity index (χ2v) is 8.31. The number of halogens is 1. The normalized spacial score (nSPS) is 14.7. The molecule has 0 atom stereocenters. The van der Waals surface area contributed by atoms with E-state index in [1.807, 2.05) is 6.07 Å². The Kier molecular flexibility index (Phi) is 4.29. The van der Waals surface area contributed by atoms with E-state index in [0.29, 0.717) is 28.3 Å². The van der Waals surface area contributed by atoms with E-state index in [1.54, 1.807) is 25.1 Å². The number of aryl methyl sites for hydroxylation is 1. The number of nitrogens with one attached hydrogen (secondary N) is 1. The van der Waals surface area contributed by atoms with E-state index in [9.17, 15) is 8.42 Å². The highest BCUT2D eigenvalue weighted by Gasteiger charge is 2.27. The van der Waals surface area contributed by atoms with Crippen LogP contribution in [0.4, 0.5) is 5.82 Å². The summed E-state index contributed by atoms with van der Waals surface area (Å²) in [4.78, 5) is 9.10. The van der Waals surface area contributed by atoms with E-state index < -0.39 is 9.84 Å². The van der Waals surface area contributed by atoms with Crippen molar-refractivity contribution >= 4 is 27.3 Å². The summed E-state index contributed by atoms with van der Waals surface area (Å²) in [6.45, 7) is 2.34. The van der Waals surface area contributed by atoms with Crippen LogP contribution in [0.3, 0.4) is 0 Å². The molecule has 1 heterocycles. The molecule has 0 aliphatic heterocycles. The van der Waals surface area contributed by atoms with E-state index in [2.05, 4.69) is 15.3 Å². The van der Waals surface area contributed by atoms with Gasteiger partial charge in [0.1, 0.15) is 16.8 Å². The van der Waals surface area contributed by atoms with Gasteiger partial charge in [-0.25, -0.2) is 18.4 Å². The van der Waals surface area contributed by atoms with Crippen LogP contribution in [-0.2, 0) is 16.4 Å². The number of aromatic nitrogens is 2. The van der Waals surface area contributed by atoms with Crippen LogP contribution in [-0.4, -0.2) is 24.6 Å². The molecule has 1 aromatic heterocycles. The zero-order valence-electron chi connectivity index (χ0n) is 13.0. The number of anilines is 1. The standard InChI is InChI=1S/C16H18ClN3O2S/c1-10-7-11(3-6-13(10)23(2,21)22)9-18-15-8-14(17)19-16(20-15)12-4-5-12/h3,6-8,12H,4-5,9H2,1-2H3,(H,18,19,20). The van der Waals surface area contributed by atoms with E-state index in [1.165, 1.54) is 6.26 Å². The molecule has 0 bridgehead atoms. The van der Waals surface area contributed by atoms with Gasteiger partial charge in [0.25, 0.3) is 0 Å². The van der Waals surface area contributed by atoms with Crippen molar-refractivity contribution in [3.63, 3.8) is 0 Å². The molecular formula is C16H18ClN3O2S. The van der Waals surface area contributed by atoms with Crippen molar-refractivity contribution in [1.82, 2.24) is 9.97 Å². The molecule has 0 saturated heterocycles. The first kappa shape index (κ1) is 16.2. The maximum Gasteiger partial charge on any atom is 0.175 e. The van der Waals surface area contributed by atoms with E-state index in [-0.39, 0.29) is 0 Å². The second-order valence-electron chi connectivity index (χ2n) is 5.93. The van der Waals surface area contributed by atoms with Crippen LogP contribution >= 0.6 is 11.6 Å². The number of nitrogens with zero attached hydrogens (tertiary/aromatic N) is 2. The lowest BCUT2D eigenvalue weighted by Gasteiger charge is -2.10. The molecule has 23 heavy (non-hydrogen) atoms. The third-order valence-corrected chi connectivity index (χ3v) is 5.22. The van der Waals surface area contributed by atoms with Crippen molar-refractivity contribution in [2.45, 2.75) is 37.1 Å². The first-order chi connectivity index (χ1) is 10.8. The Bertz CT molecular complexity index is 848. The molecule has 0 amide bonds. The molecule has 1 aliphatic rings. The Balaban J connectivity index is 1.75. The Labute approximate surface area is 141 Å². The first-order valence-electron chi connectivity index (χ1n) is 7.41. The molecule has 1 saturated carbocycles. The predicted octanol–water partition coefficient (Wildman–Crippen LogP) is 3.33. The monoisotopic (exact) mass is 351 g/mol. The van der Waals surface area contributed by atoms with Gasteiger partial charge < -0.3 is 5.32 Å². The van der Waals surface area contributed by atoms with Gasteiger partial charge in [-0.1, -0.05) is 23.7 Å². The molecule has 122 valence electrons. The molecule has 5 nitrogen and oxygen atoms in total. The zero-order chi connectivity index (χ0) is 16.6. The van der Waals surface area contributed by atoms with E-state index in [0.717, 1.165) is 29.8 Å². The van der Waals surface area contributed by atoms with E-state index in [4.69, 9.17) is 11.6 Å². The largest absolute Gasteiger partial charge is 0.366 e. The number of benzene rings is 1. The minimum absolute atomic E-state index is 0.363. The van der Waals surface area contributed by atoms with Gasteiger partial charge in [0.05, 0.1) is 4.90 Å². The second kappa shape index (κ2) is 6.09. The van der Waals surface area contributed by atoms with Crippen LogP contribution in [0.2, 0.25) is 5.15 Å². The summed E-state index contributed by atoms with van der Waals surface area (Å²) in [7, 11) is -3.19. The van der Waals surface area contributed by atoms with Crippen molar-refractivity contribution in [2.24, 2.45) is 0 Å². The minimum atomic E-state index is -3.19. The Morgan fingerprint density at radius 3 is 2.61 bits per heavy atom. The maximum absolute atomic E-state index is 11.6. The summed E-state index contributed by atoms with van der Waals surface area (Å²) in [5, 5.41) is 3.66. The molecule has 1 N–H and O–H groups in total. The van der Waals surface area contributed by atoms with Crippen molar-refractivity contribution in [2.75, 3.05) is 11.6 Å². The van der Waals surface area contributed by atoms with Crippen molar-refractivity contribution in [3.05, 3.63) is 46.4 Å². The minimum Gasteiger partial charge on any atom is -0.366 e. The van der Waals surface area contributed by atoms with Gasteiger partial charge in [-0.3, -0.25) is 0 Å².